The van der Waals surface area contributed by atoms with E-state index in [0.717, 1.165) is 61.7 Å². The normalized spacial score (nSPS) is 14.9. The minimum Gasteiger partial charge on any atom is -0.393 e. The molecule has 3 aromatic rings. The van der Waals surface area contributed by atoms with E-state index in [2.05, 4.69) is 36.6 Å². The summed E-state index contributed by atoms with van der Waals surface area (Å²) in [6.07, 6.45) is 1.52. The fourth-order valence-electron chi connectivity index (χ4n) is 3.29. The number of ether oxygens (including phenoxy) is 1. The van der Waals surface area contributed by atoms with Crippen LogP contribution in [0.4, 0.5) is 23.0 Å². The van der Waals surface area contributed by atoms with E-state index in [1.165, 1.54) is 6.33 Å². The largest absolute Gasteiger partial charge is 0.393 e. The van der Waals surface area contributed by atoms with Gasteiger partial charge in [-0.15, -0.1) is 0 Å². The van der Waals surface area contributed by atoms with E-state index in [-0.39, 0.29) is 0 Å². The van der Waals surface area contributed by atoms with Gasteiger partial charge in [-0.1, -0.05) is 6.07 Å². The van der Waals surface area contributed by atoms with Crippen LogP contribution in [0.2, 0.25) is 0 Å². The molecule has 2 aromatic heterocycles. The van der Waals surface area contributed by atoms with Gasteiger partial charge in [0.05, 0.1) is 18.7 Å². The van der Waals surface area contributed by atoms with Crippen LogP contribution in [0.25, 0.3) is 10.9 Å². The van der Waals surface area contributed by atoms with Gasteiger partial charge in [0, 0.05) is 42.9 Å². The molecule has 3 heterocycles. The van der Waals surface area contributed by atoms with Crippen LogP contribution < -0.4 is 16.4 Å². The van der Waals surface area contributed by atoms with Crippen molar-refractivity contribution in [3.8, 4) is 0 Å². The third-order valence-corrected chi connectivity index (χ3v) is 4.83. The zero-order valence-electron chi connectivity index (χ0n) is 16.0. The maximum Gasteiger partial charge on any atom is 0.159 e. The Kier molecular flexibility index (Phi) is 5.50. The summed E-state index contributed by atoms with van der Waals surface area (Å²) in [4.78, 5) is 15.5. The number of rotatable bonds is 6. The monoisotopic (exact) mass is 379 g/mol. The van der Waals surface area contributed by atoms with Crippen LogP contribution in [0.3, 0.4) is 0 Å². The SMILES string of the molecule is Cc1ccc2c(Nc3ncnc(NCCN4CCOCC4)c3N)cccc2n1. The lowest BCUT2D eigenvalue weighted by Gasteiger charge is -2.26. The molecular formula is C20H25N7O. The molecule has 28 heavy (non-hydrogen) atoms. The molecule has 1 aromatic carbocycles. The minimum atomic E-state index is 0.501. The number of nitrogens with zero attached hydrogens (tertiary/aromatic N) is 4. The third-order valence-electron chi connectivity index (χ3n) is 4.83. The third kappa shape index (κ3) is 4.13. The molecule has 4 rings (SSSR count). The van der Waals surface area contributed by atoms with E-state index in [1.807, 2.05) is 31.2 Å². The van der Waals surface area contributed by atoms with E-state index in [9.17, 15) is 0 Å². The number of benzene rings is 1. The number of nitrogen functional groups attached to an aromatic ring is 1. The molecule has 8 nitrogen and oxygen atoms in total. The van der Waals surface area contributed by atoms with Crippen molar-refractivity contribution in [3.05, 3.63) is 42.4 Å². The van der Waals surface area contributed by atoms with Gasteiger partial charge in [-0.25, -0.2) is 9.97 Å². The molecule has 146 valence electrons. The molecule has 1 aliphatic rings. The first-order chi connectivity index (χ1) is 13.7. The van der Waals surface area contributed by atoms with Gasteiger partial charge in [0.15, 0.2) is 11.6 Å². The second-order valence-corrected chi connectivity index (χ2v) is 6.82. The Morgan fingerprint density at radius 2 is 1.93 bits per heavy atom. The summed E-state index contributed by atoms with van der Waals surface area (Å²) < 4.78 is 5.38. The molecular weight excluding hydrogens is 354 g/mol. The highest BCUT2D eigenvalue weighted by Crippen LogP contribution is 2.29. The van der Waals surface area contributed by atoms with Gasteiger partial charge in [-0.3, -0.25) is 9.88 Å². The van der Waals surface area contributed by atoms with Crippen molar-refractivity contribution in [2.75, 3.05) is 55.8 Å². The number of hydrogen-bond donors (Lipinski definition) is 3. The molecule has 0 spiro atoms. The summed E-state index contributed by atoms with van der Waals surface area (Å²) in [6.45, 7) is 7.18. The van der Waals surface area contributed by atoms with Gasteiger partial charge in [-0.05, 0) is 31.2 Å². The number of aryl methyl sites for hydroxylation is 1. The summed E-state index contributed by atoms with van der Waals surface area (Å²) in [7, 11) is 0. The fourth-order valence-corrected chi connectivity index (χ4v) is 3.29. The van der Waals surface area contributed by atoms with Gasteiger partial charge >= 0.3 is 0 Å². The van der Waals surface area contributed by atoms with Gasteiger partial charge in [0.25, 0.3) is 0 Å². The summed E-state index contributed by atoms with van der Waals surface area (Å²) in [5.41, 5.74) is 9.65. The van der Waals surface area contributed by atoms with Crippen LogP contribution in [0.15, 0.2) is 36.7 Å². The van der Waals surface area contributed by atoms with Crippen LogP contribution in [0, 0.1) is 6.92 Å². The maximum atomic E-state index is 6.32. The molecule has 0 bridgehead atoms. The Morgan fingerprint density at radius 1 is 1.11 bits per heavy atom. The van der Waals surface area contributed by atoms with E-state index in [0.29, 0.717) is 17.3 Å². The topological polar surface area (TPSA) is 101 Å². The first kappa shape index (κ1) is 18.4. The standard InChI is InChI=1S/C20H25N7O/c1-14-5-6-15-16(25-14)3-2-4-17(15)26-20-18(21)19(23-13-24-20)22-7-8-27-9-11-28-12-10-27/h2-6,13H,7-12,21H2,1H3,(H2,22,23,24,26). The molecule has 0 saturated carbocycles. The Balaban J connectivity index is 1.48. The minimum absolute atomic E-state index is 0.501. The van der Waals surface area contributed by atoms with E-state index in [4.69, 9.17) is 10.5 Å². The number of pyridine rings is 1. The molecule has 1 fully saturated rings. The van der Waals surface area contributed by atoms with Gasteiger partial charge in [-0.2, -0.15) is 0 Å². The average molecular weight is 379 g/mol. The summed E-state index contributed by atoms with van der Waals surface area (Å²) >= 11 is 0. The number of aromatic nitrogens is 3. The highest BCUT2D eigenvalue weighted by molar-refractivity contribution is 5.94. The lowest BCUT2D eigenvalue weighted by atomic mass is 10.1. The summed E-state index contributed by atoms with van der Waals surface area (Å²) in [5.74, 6) is 1.22. The van der Waals surface area contributed by atoms with E-state index < -0.39 is 0 Å². The van der Waals surface area contributed by atoms with Crippen LogP contribution in [-0.2, 0) is 4.74 Å². The molecule has 8 heteroatoms. The molecule has 0 unspecified atom stereocenters. The quantitative estimate of drug-likeness (QED) is 0.600. The van der Waals surface area contributed by atoms with Gasteiger partial charge in [0.1, 0.15) is 12.0 Å². The van der Waals surface area contributed by atoms with Crippen LogP contribution in [-0.4, -0.2) is 59.2 Å². The number of anilines is 4. The Hall–Kier alpha value is -2.97. The smallest absolute Gasteiger partial charge is 0.159 e. The zero-order valence-corrected chi connectivity index (χ0v) is 16.0. The van der Waals surface area contributed by atoms with Crippen LogP contribution in [0.5, 0.6) is 0 Å². The lowest BCUT2D eigenvalue weighted by molar-refractivity contribution is 0.0398. The van der Waals surface area contributed by atoms with Crippen molar-refractivity contribution in [2.45, 2.75) is 6.92 Å². The molecule has 4 N–H and O–H groups in total. The average Bonchev–Trinajstić information content (AvgIpc) is 2.71. The summed E-state index contributed by atoms with van der Waals surface area (Å²) in [5, 5.41) is 7.67. The van der Waals surface area contributed by atoms with Crippen molar-refractivity contribution >= 4 is 33.9 Å². The Bertz CT molecular complexity index is 956. The van der Waals surface area contributed by atoms with Crippen LogP contribution in [0.1, 0.15) is 5.69 Å². The second-order valence-electron chi connectivity index (χ2n) is 6.82. The predicted octanol–water partition coefficient (Wildman–Crippen LogP) is 2.40. The molecule has 1 aliphatic heterocycles. The maximum absolute atomic E-state index is 6.32. The van der Waals surface area contributed by atoms with Gasteiger partial charge in [0.2, 0.25) is 0 Å². The van der Waals surface area contributed by atoms with E-state index >= 15 is 0 Å². The lowest BCUT2D eigenvalue weighted by Crippen LogP contribution is -2.39. The predicted molar refractivity (Wildman–Crippen MR) is 112 cm³/mol. The first-order valence-electron chi connectivity index (χ1n) is 9.48. The first-order valence-corrected chi connectivity index (χ1v) is 9.48. The molecule has 1 saturated heterocycles. The number of nitrogens with two attached hydrogens (primary N) is 1. The number of nitrogens with one attached hydrogen (secondary N) is 2. The number of morpholine rings is 1. The number of fused-ring (bicyclic) bond motifs is 1. The van der Waals surface area contributed by atoms with Gasteiger partial charge < -0.3 is 21.1 Å². The fraction of sp³-hybridized carbons (Fsp3) is 0.350. The van der Waals surface area contributed by atoms with Crippen molar-refractivity contribution in [1.29, 1.82) is 0 Å². The van der Waals surface area contributed by atoms with Crippen molar-refractivity contribution in [2.24, 2.45) is 0 Å². The number of hydrogen-bond acceptors (Lipinski definition) is 8. The molecule has 0 aliphatic carbocycles. The molecule has 0 radical (unpaired) electrons. The highest BCUT2D eigenvalue weighted by atomic mass is 16.5. The molecule has 0 amide bonds. The van der Waals surface area contributed by atoms with Crippen LogP contribution >= 0.6 is 0 Å². The zero-order chi connectivity index (χ0) is 19.3. The van der Waals surface area contributed by atoms with E-state index in [1.54, 1.807) is 0 Å². The molecule has 0 atom stereocenters. The van der Waals surface area contributed by atoms with Crippen molar-refractivity contribution in [3.63, 3.8) is 0 Å². The Labute approximate surface area is 164 Å². The van der Waals surface area contributed by atoms with Crippen molar-refractivity contribution < 1.29 is 4.74 Å². The van der Waals surface area contributed by atoms with Crippen molar-refractivity contribution in [1.82, 2.24) is 19.9 Å². The summed E-state index contributed by atoms with van der Waals surface area (Å²) in [6, 6.07) is 10.0. The Morgan fingerprint density at radius 3 is 2.79 bits per heavy atom. The highest BCUT2D eigenvalue weighted by Gasteiger charge is 2.12. The second kappa shape index (κ2) is 8.37.